The number of hydrogen-bond acceptors (Lipinski definition) is 7. The number of rotatable bonds is 3. The molecule has 0 N–H and O–H groups in total. The Morgan fingerprint density at radius 2 is 2.04 bits per heavy atom. The van der Waals surface area contributed by atoms with Crippen LogP contribution in [-0.4, -0.2) is 26.7 Å². The minimum atomic E-state index is 0.108. The van der Waals surface area contributed by atoms with Gasteiger partial charge in [-0.15, -0.1) is 11.3 Å². The molecule has 1 atom stereocenters. The fourth-order valence-corrected chi connectivity index (χ4v) is 4.43. The van der Waals surface area contributed by atoms with Gasteiger partial charge < -0.3 is 9.42 Å². The van der Waals surface area contributed by atoms with Crippen molar-refractivity contribution in [3.05, 3.63) is 54.9 Å². The summed E-state index contributed by atoms with van der Waals surface area (Å²) < 4.78 is 4.94. The lowest BCUT2D eigenvalue weighted by Gasteiger charge is -2.23. The van der Waals surface area contributed by atoms with Crippen molar-refractivity contribution >= 4 is 27.4 Å². The monoisotopic (exact) mass is 349 g/mol. The van der Waals surface area contributed by atoms with Gasteiger partial charge in [-0.3, -0.25) is 0 Å². The van der Waals surface area contributed by atoms with E-state index in [1.807, 2.05) is 6.07 Å². The van der Waals surface area contributed by atoms with Gasteiger partial charge in [0.1, 0.15) is 17.0 Å². The molecule has 0 saturated carbocycles. The van der Waals surface area contributed by atoms with Crippen LogP contribution in [0, 0.1) is 0 Å². The van der Waals surface area contributed by atoms with Gasteiger partial charge in [0, 0.05) is 11.4 Å². The van der Waals surface area contributed by atoms with E-state index in [2.05, 4.69) is 55.3 Å². The molecule has 4 heterocycles. The number of benzene rings is 1. The standard InChI is InChI=1S/C18H15N5OS/c1-2-5-12(6-3-1)15-9-13-17(19-10-20-18(13)25-15)23-8-4-7-14(23)16-21-11-24-22-16/h1-3,5-6,9-11,14H,4,7-8H2. The summed E-state index contributed by atoms with van der Waals surface area (Å²) in [6, 6.07) is 12.7. The molecule has 124 valence electrons. The Bertz CT molecular complexity index is 999. The van der Waals surface area contributed by atoms with Crippen molar-refractivity contribution in [1.82, 2.24) is 20.1 Å². The average molecular weight is 349 g/mol. The number of hydrogen-bond donors (Lipinski definition) is 0. The lowest BCUT2D eigenvalue weighted by molar-refractivity contribution is 0.404. The van der Waals surface area contributed by atoms with Crippen LogP contribution in [0.3, 0.4) is 0 Å². The molecule has 1 aliphatic heterocycles. The Morgan fingerprint density at radius 3 is 2.88 bits per heavy atom. The summed E-state index contributed by atoms with van der Waals surface area (Å²) in [5.74, 6) is 1.68. The molecule has 0 aliphatic carbocycles. The van der Waals surface area contributed by atoms with E-state index in [1.54, 1.807) is 17.7 Å². The molecule has 4 aromatic rings. The molecule has 0 spiro atoms. The van der Waals surface area contributed by atoms with E-state index < -0.39 is 0 Å². The molecule has 1 fully saturated rings. The first-order chi connectivity index (χ1) is 12.4. The first-order valence-corrected chi connectivity index (χ1v) is 9.05. The zero-order valence-electron chi connectivity index (χ0n) is 13.4. The van der Waals surface area contributed by atoms with E-state index in [0.29, 0.717) is 0 Å². The summed E-state index contributed by atoms with van der Waals surface area (Å²) in [6.07, 6.45) is 5.12. The minimum Gasteiger partial charge on any atom is -0.346 e. The second kappa shape index (κ2) is 5.93. The van der Waals surface area contributed by atoms with Gasteiger partial charge in [0.15, 0.2) is 5.82 Å². The van der Waals surface area contributed by atoms with Crippen LogP contribution in [0.4, 0.5) is 5.82 Å². The van der Waals surface area contributed by atoms with E-state index >= 15 is 0 Å². The van der Waals surface area contributed by atoms with Crippen LogP contribution in [0.5, 0.6) is 0 Å². The minimum absolute atomic E-state index is 0.108. The third-order valence-electron chi connectivity index (χ3n) is 4.57. The Morgan fingerprint density at radius 1 is 1.12 bits per heavy atom. The van der Waals surface area contributed by atoms with Crippen LogP contribution in [-0.2, 0) is 0 Å². The van der Waals surface area contributed by atoms with Crippen molar-refractivity contribution in [1.29, 1.82) is 0 Å². The SMILES string of the molecule is c1ccc(-c2cc3c(N4CCCC4c4ncon4)ncnc3s2)cc1. The molecule has 25 heavy (non-hydrogen) atoms. The van der Waals surface area contributed by atoms with Gasteiger partial charge >= 0.3 is 0 Å². The van der Waals surface area contributed by atoms with Crippen LogP contribution in [0.1, 0.15) is 24.7 Å². The van der Waals surface area contributed by atoms with Crippen LogP contribution in [0.25, 0.3) is 20.7 Å². The average Bonchev–Trinajstić information content (AvgIpc) is 3.40. The molecule has 0 radical (unpaired) electrons. The van der Waals surface area contributed by atoms with Gasteiger partial charge in [0.2, 0.25) is 6.39 Å². The van der Waals surface area contributed by atoms with Gasteiger partial charge in [0.05, 0.1) is 11.4 Å². The second-order valence-electron chi connectivity index (χ2n) is 6.03. The Labute approximate surface area is 148 Å². The molecule has 1 aliphatic rings. The van der Waals surface area contributed by atoms with Crippen molar-refractivity contribution < 1.29 is 4.52 Å². The maximum absolute atomic E-state index is 4.94. The van der Waals surface area contributed by atoms with Gasteiger partial charge in [-0.25, -0.2) is 9.97 Å². The molecule has 5 rings (SSSR count). The highest BCUT2D eigenvalue weighted by molar-refractivity contribution is 7.21. The molecule has 0 amide bonds. The predicted molar refractivity (Wildman–Crippen MR) is 96.5 cm³/mol. The van der Waals surface area contributed by atoms with Crippen molar-refractivity contribution in [3.8, 4) is 10.4 Å². The lowest BCUT2D eigenvalue weighted by atomic mass is 10.1. The molecular formula is C18H15N5OS. The summed E-state index contributed by atoms with van der Waals surface area (Å²) in [5.41, 5.74) is 1.20. The molecule has 1 aromatic carbocycles. The molecule has 3 aromatic heterocycles. The van der Waals surface area contributed by atoms with Crippen molar-refractivity contribution in [3.63, 3.8) is 0 Å². The van der Waals surface area contributed by atoms with E-state index in [1.165, 1.54) is 16.8 Å². The predicted octanol–water partition coefficient (Wildman–Crippen LogP) is 4.08. The number of thiophene rings is 1. The molecule has 0 bridgehead atoms. The third kappa shape index (κ3) is 2.47. The van der Waals surface area contributed by atoms with Crippen molar-refractivity contribution in [2.24, 2.45) is 0 Å². The van der Waals surface area contributed by atoms with E-state index in [-0.39, 0.29) is 6.04 Å². The van der Waals surface area contributed by atoms with E-state index in [9.17, 15) is 0 Å². The Kier molecular flexibility index (Phi) is 3.45. The molecule has 1 unspecified atom stereocenters. The Balaban J connectivity index is 1.61. The summed E-state index contributed by atoms with van der Waals surface area (Å²) in [4.78, 5) is 17.8. The number of nitrogens with zero attached hydrogens (tertiary/aromatic N) is 5. The fourth-order valence-electron chi connectivity index (χ4n) is 3.43. The maximum Gasteiger partial charge on any atom is 0.213 e. The largest absolute Gasteiger partial charge is 0.346 e. The number of aromatic nitrogens is 4. The van der Waals surface area contributed by atoms with E-state index in [4.69, 9.17) is 4.52 Å². The quantitative estimate of drug-likeness (QED) is 0.555. The zero-order chi connectivity index (χ0) is 16.6. The molecule has 6 nitrogen and oxygen atoms in total. The zero-order valence-corrected chi connectivity index (χ0v) is 14.2. The molecule has 1 saturated heterocycles. The Hall–Kier alpha value is -2.80. The number of anilines is 1. The van der Waals surface area contributed by atoms with Crippen molar-refractivity contribution in [2.75, 3.05) is 11.4 Å². The second-order valence-corrected chi connectivity index (χ2v) is 7.06. The highest BCUT2D eigenvalue weighted by atomic mass is 32.1. The highest BCUT2D eigenvalue weighted by Gasteiger charge is 2.31. The van der Waals surface area contributed by atoms with Crippen molar-refractivity contribution in [2.45, 2.75) is 18.9 Å². The molecular weight excluding hydrogens is 334 g/mol. The van der Waals surface area contributed by atoms with Gasteiger partial charge in [-0.05, 0) is 24.5 Å². The topological polar surface area (TPSA) is 67.9 Å². The summed E-state index contributed by atoms with van der Waals surface area (Å²) in [6.45, 7) is 0.932. The van der Waals surface area contributed by atoms with Crippen LogP contribution in [0.15, 0.2) is 53.6 Å². The summed E-state index contributed by atoms with van der Waals surface area (Å²) in [5, 5.41) is 5.12. The third-order valence-corrected chi connectivity index (χ3v) is 5.66. The number of fused-ring (bicyclic) bond motifs is 1. The lowest BCUT2D eigenvalue weighted by Crippen LogP contribution is -2.24. The normalized spacial score (nSPS) is 17.4. The fraction of sp³-hybridized carbons (Fsp3) is 0.222. The van der Waals surface area contributed by atoms with Crippen LogP contribution < -0.4 is 4.90 Å². The first kappa shape index (κ1) is 14.5. The molecule has 7 heteroatoms. The van der Waals surface area contributed by atoms with E-state index in [0.717, 1.165) is 41.2 Å². The summed E-state index contributed by atoms with van der Waals surface area (Å²) >= 11 is 1.69. The smallest absolute Gasteiger partial charge is 0.213 e. The van der Waals surface area contributed by atoms with Crippen LogP contribution >= 0.6 is 11.3 Å². The summed E-state index contributed by atoms with van der Waals surface area (Å²) in [7, 11) is 0. The van der Waals surface area contributed by atoms with Gasteiger partial charge in [0.25, 0.3) is 0 Å². The van der Waals surface area contributed by atoms with Gasteiger partial charge in [-0.1, -0.05) is 35.5 Å². The van der Waals surface area contributed by atoms with Gasteiger partial charge in [-0.2, -0.15) is 4.98 Å². The van der Waals surface area contributed by atoms with Crippen LogP contribution in [0.2, 0.25) is 0 Å². The first-order valence-electron chi connectivity index (χ1n) is 8.23. The highest BCUT2D eigenvalue weighted by Crippen LogP contribution is 2.40. The maximum atomic E-state index is 4.94.